The van der Waals surface area contributed by atoms with Crippen molar-refractivity contribution in [3.8, 4) is 0 Å². The standard InChI is InChI=1S/C10H8F2N2O5S/c11-7-2-1-3-8(14(16)17)10(7)13-5-6(4-9(13)15)20(12,18)19/h1-3,6H,4-5H2. The van der Waals surface area contributed by atoms with Crippen LogP contribution >= 0.6 is 0 Å². The van der Waals surface area contributed by atoms with E-state index in [2.05, 4.69) is 0 Å². The molecule has 0 bridgehead atoms. The van der Waals surface area contributed by atoms with Crippen LogP contribution in [0.5, 0.6) is 0 Å². The second kappa shape index (κ2) is 4.78. The molecular weight excluding hydrogens is 298 g/mol. The van der Waals surface area contributed by atoms with E-state index in [1.54, 1.807) is 0 Å². The molecule has 1 aromatic carbocycles. The quantitative estimate of drug-likeness (QED) is 0.474. The largest absolute Gasteiger partial charge is 0.307 e. The molecular formula is C10H8F2N2O5S. The highest BCUT2D eigenvalue weighted by Crippen LogP contribution is 2.35. The van der Waals surface area contributed by atoms with Gasteiger partial charge in [0, 0.05) is 19.0 Å². The van der Waals surface area contributed by atoms with Crippen molar-refractivity contribution in [1.29, 1.82) is 0 Å². The number of halogens is 2. The molecule has 1 fully saturated rings. The SMILES string of the molecule is O=C1CC(S(=O)(=O)F)CN1c1c(F)cccc1[N+](=O)[O-]. The van der Waals surface area contributed by atoms with E-state index in [9.17, 15) is 31.6 Å². The highest BCUT2D eigenvalue weighted by atomic mass is 32.3. The van der Waals surface area contributed by atoms with Crippen LogP contribution in [-0.4, -0.2) is 31.0 Å². The lowest BCUT2D eigenvalue weighted by Gasteiger charge is -2.16. The summed E-state index contributed by atoms with van der Waals surface area (Å²) in [4.78, 5) is 22.2. The summed E-state index contributed by atoms with van der Waals surface area (Å²) in [5.41, 5.74) is -1.33. The van der Waals surface area contributed by atoms with Gasteiger partial charge in [-0.25, -0.2) is 4.39 Å². The first-order chi connectivity index (χ1) is 9.21. The lowest BCUT2D eigenvalue weighted by molar-refractivity contribution is -0.384. The molecule has 1 saturated heterocycles. The van der Waals surface area contributed by atoms with Crippen molar-refractivity contribution in [1.82, 2.24) is 0 Å². The first-order valence-electron chi connectivity index (χ1n) is 5.38. The van der Waals surface area contributed by atoms with Gasteiger partial charge >= 0.3 is 10.2 Å². The monoisotopic (exact) mass is 306 g/mol. The molecule has 0 spiro atoms. The van der Waals surface area contributed by atoms with Gasteiger partial charge in [-0.15, -0.1) is 3.89 Å². The third-order valence-corrected chi connectivity index (χ3v) is 4.03. The topological polar surface area (TPSA) is 97.6 Å². The fourth-order valence-corrected chi connectivity index (χ4v) is 2.67. The van der Waals surface area contributed by atoms with Gasteiger partial charge in [-0.3, -0.25) is 14.9 Å². The van der Waals surface area contributed by atoms with E-state index in [1.807, 2.05) is 0 Å². The summed E-state index contributed by atoms with van der Waals surface area (Å²) >= 11 is 0. The van der Waals surface area contributed by atoms with Crippen LogP contribution in [0.2, 0.25) is 0 Å². The summed E-state index contributed by atoms with van der Waals surface area (Å²) in [7, 11) is -4.98. The minimum atomic E-state index is -4.98. The number of benzene rings is 1. The lowest BCUT2D eigenvalue weighted by Crippen LogP contribution is -2.28. The van der Waals surface area contributed by atoms with Crippen LogP contribution in [0, 0.1) is 15.9 Å². The van der Waals surface area contributed by atoms with Crippen LogP contribution in [-0.2, 0) is 15.0 Å². The lowest BCUT2D eigenvalue weighted by atomic mass is 10.2. The van der Waals surface area contributed by atoms with Gasteiger partial charge in [0.15, 0.2) is 11.5 Å². The first kappa shape index (κ1) is 14.3. The number of carbonyl (C=O) groups excluding carboxylic acids is 1. The first-order valence-corrected chi connectivity index (χ1v) is 6.83. The Kier molecular flexibility index (Phi) is 3.42. The number of anilines is 1. The van der Waals surface area contributed by atoms with Crippen molar-refractivity contribution in [3.05, 3.63) is 34.1 Å². The fraction of sp³-hybridized carbons (Fsp3) is 0.300. The van der Waals surface area contributed by atoms with E-state index in [4.69, 9.17) is 0 Å². The van der Waals surface area contributed by atoms with Crippen LogP contribution in [0.4, 0.5) is 19.7 Å². The normalized spacial score (nSPS) is 19.4. The Morgan fingerprint density at radius 1 is 1.40 bits per heavy atom. The third-order valence-electron chi connectivity index (χ3n) is 2.92. The van der Waals surface area contributed by atoms with E-state index >= 15 is 0 Å². The fourth-order valence-electron chi connectivity index (χ4n) is 2.00. The smallest absolute Gasteiger partial charge is 0.303 e. The zero-order chi connectivity index (χ0) is 15.1. The highest BCUT2D eigenvalue weighted by molar-refractivity contribution is 7.87. The van der Waals surface area contributed by atoms with E-state index in [0.717, 1.165) is 18.2 Å². The Hall–Kier alpha value is -2.10. The zero-order valence-corrected chi connectivity index (χ0v) is 10.6. The Morgan fingerprint density at radius 3 is 2.55 bits per heavy atom. The van der Waals surface area contributed by atoms with Gasteiger partial charge in [-0.1, -0.05) is 6.07 Å². The van der Waals surface area contributed by atoms with Gasteiger partial charge in [0.1, 0.15) is 5.25 Å². The predicted octanol–water partition coefficient (Wildman–Crippen LogP) is 1.14. The minimum absolute atomic E-state index is 0.593. The van der Waals surface area contributed by atoms with E-state index in [0.29, 0.717) is 4.90 Å². The Morgan fingerprint density at radius 2 is 2.05 bits per heavy atom. The molecule has 1 aliphatic rings. The molecule has 1 unspecified atom stereocenters. The van der Waals surface area contributed by atoms with Crippen molar-refractivity contribution >= 4 is 27.5 Å². The Bertz CT molecular complexity index is 691. The van der Waals surface area contributed by atoms with Crippen LogP contribution in [0.1, 0.15) is 6.42 Å². The van der Waals surface area contributed by atoms with Crippen molar-refractivity contribution in [2.75, 3.05) is 11.4 Å². The van der Waals surface area contributed by atoms with Crippen molar-refractivity contribution in [3.63, 3.8) is 0 Å². The number of hydrogen-bond acceptors (Lipinski definition) is 5. The molecule has 1 heterocycles. The van der Waals surface area contributed by atoms with Crippen LogP contribution in [0.3, 0.4) is 0 Å². The Labute approximate surface area is 112 Å². The molecule has 1 atom stereocenters. The van der Waals surface area contributed by atoms with Gasteiger partial charge in [0.05, 0.1) is 4.92 Å². The maximum absolute atomic E-state index is 13.7. The summed E-state index contributed by atoms with van der Waals surface area (Å²) < 4.78 is 48.2. The second-order valence-electron chi connectivity index (χ2n) is 4.17. The average Bonchev–Trinajstić information content (AvgIpc) is 2.70. The Balaban J connectivity index is 2.48. The summed E-state index contributed by atoms with van der Waals surface area (Å²) in [6.45, 7) is -0.653. The number of nitrogens with zero attached hydrogens (tertiary/aromatic N) is 2. The summed E-state index contributed by atoms with van der Waals surface area (Å²) in [6.07, 6.45) is -0.676. The molecule has 0 radical (unpaired) electrons. The van der Waals surface area contributed by atoms with Crippen LogP contribution in [0.25, 0.3) is 0 Å². The molecule has 7 nitrogen and oxygen atoms in total. The van der Waals surface area contributed by atoms with E-state index in [1.165, 1.54) is 0 Å². The molecule has 0 aromatic heterocycles. The number of hydrogen-bond donors (Lipinski definition) is 0. The van der Waals surface area contributed by atoms with Crippen LogP contribution in [0.15, 0.2) is 18.2 Å². The summed E-state index contributed by atoms with van der Waals surface area (Å²) in [5.74, 6) is -1.94. The number of para-hydroxylation sites is 1. The summed E-state index contributed by atoms with van der Waals surface area (Å²) in [6, 6.07) is 2.96. The second-order valence-corrected chi connectivity index (χ2v) is 5.79. The van der Waals surface area contributed by atoms with E-state index in [-0.39, 0.29) is 0 Å². The number of nitro groups is 1. The molecule has 1 amide bonds. The van der Waals surface area contributed by atoms with Gasteiger partial charge in [-0.05, 0) is 6.07 Å². The number of nitro benzene ring substituents is 1. The third kappa shape index (κ3) is 2.46. The molecule has 0 N–H and O–H groups in total. The molecule has 1 aromatic rings. The maximum Gasteiger partial charge on any atom is 0.307 e. The van der Waals surface area contributed by atoms with Crippen LogP contribution < -0.4 is 4.90 Å². The van der Waals surface area contributed by atoms with Gasteiger partial charge in [-0.2, -0.15) is 8.42 Å². The molecule has 2 rings (SSSR count). The van der Waals surface area contributed by atoms with Crippen molar-refractivity contribution in [2.45, 2.75) is 11.7 Å². The molecule has 10 heteroatoms. The molecule has 108 valence electrons. The van der Waals surface area contributed by atoms with Gasteiger partial charge < -0.3 is 4.90 Å². The van der Waals surface area contributed by atoms with Gasteiger partial charge in [0.25, 0.3) is 5.69 Å². The highest BCUT2D eigenvalue weighted by Gasteiger charge is 2.42. The minimum Gasteiger partial charge on any atom is -0.303 e. The number of amides is 1. The number of rotatable bonds is 3. The molecule has 1 aliphatic heterocycles. The van der Waals surface area contributed by atoms with Crippen molar-refractivity contribution in [2.24, 2.45) is 0 Å². The molecule has 0 aliphatic carbocycles. The molecule has 20 heavy (non-hydrogen) atoms. The number of carbonyl (C=O) groups is 1. The zero-order valence-electron chi connectivity index (χ0n) is 9.82. The summed E-state index contributed by atoms with van der Waals surface area (Å²) in [5, 5.41) is 9.18. The maximum atomic E-state index is 13.7. The van der Waals surface area contributed by atoms with Crippen molar-refractivity contribution < 1.29 is 26.4 Å². The predicted molar refractivity (Wildman–Crippen MR) is 63.8 cm³/mol. The van der Waals surface area contributed by atoms with Gasteiger partial charge in [0.2, 0.25) is 5.91 Å². The van der Waals surface area contributed by atoms with E-state index < -0.39 is 56.5 Å². The average molecular weight is 306 g/mol. The molecule has 0 saturated carbocycles.